The Labute approximate surface area is 155 Å². The van der Waals surface area contributed by atoms with Gasteiger partial charge in [0.2, 0.25) is 5.75 Å². The second kappa shape index (κ2) is 8.63. The summed E-state index contributed by atoms with van der Waals surface area (Å²) in [6.45, 7) is 9.20. The summed E-state index contributed by atoms with van der Waals surface area (Å²) in [6.07, 6.45) is 0. The normalized spacial score (nSPS) is 23.2. The van der Waals surface area contributed by atoms with Gasteiger partial charge < -0.3 is 24.8 Å². The van der Waals surface area contributed by atoms with E-state index in [1.807, 2.05) is 20.8 Å². The first kappa shape index (κ1) is 19.7. The highest BCUT2D eigenvalue weighted by Gasteiger charge is 2.53. The predicted molar refractivity (Wildman–Crippen MR) is 98.3 cm³/mol. The van der Waals surface area contributed by atoms with E-state index in [4.69, 9.17) is 14.2 Å². The van der Waals surface area contributed by atoms with Gasteiger partial charge in [0.05, 0.1) is 19.8 Å². The monoisotopic (exact) mass is 370 g/mol. The van der Waals surface area contributed by atoms with E-state index >= 15 is 0 Å². The standard InChI is InChI=1S/C18H26N2O4.ClH/c1-4-22-14-7-11(8-15(23-5-2)17(14)24-6-3)18(21)20-16-12-9-19-10-13(12)16;/h7-8,12-13,16,19H,4-6,9-10H2,1-3H3,(H,20,21);1H. The summed E-state index contributed by atoms with van der Waals surface area (Å²) in [7, 11) is 0. The van der Waals surface area contributed by atoms with Crippen molar-refractivity contribution in [3.8, 4) is 17.2 Å². The molecule has 0 bridgehead atoms. The number of amides is 1. The molecule has 2 atom stereocenters. The zero-order valence-corrected chi connectivity index (χ0v) is 15.8. The Kier molecular flexibility index (Phi) is 6.79. The maximum absolute atomic E-state index is 12.6. The first-order valence-electron chi connectivity index (χ1n) is 8.77. The first-order valence-corrected chi connectivity index (χ1v) is 8.77. The third-order valence-corrected chi connectivity index (χ3v) is 4.56. The second-order valence-corrected chi connectivity index (χ2v) is 6.09. The van der Waals surface area contributed by atoms with Crippen molar-refractivity contribution in [2.75, 3.05) is 32.9 Å². The number of halogens is 1. The molecule has 1 saturated heterocycles. The number of rotatable bonds is 8. The zero-order chi connectivity index (χ0) is 17.1. The van der Waals surface area contributed by atoms with Crippen LogP contribution in [-0.2, 0) is 0 Å². The molecule has 2 N–H and O–H groups in total. The van der Waals surface area contributed by atoms with Crippen molar-refractivity contribution in [1.29, 1.82) is 0 Å². The van der Waals surface area contributed by atoms with Gasteiger partial charge in [-0.1, -0.05) is 0 Å². The van der Waals surface area contributed by atoms with Crippen LogP contribution in [0.4, 0.5) is 0 Å². The molecule has 1 aromatic rings. The number of nitrogens with one attached hydrogen (secondary N) is 2. The largest absolute Gasteiger partial charge is 0.490 e. The molecule has 6 nitrogen and oxygen atoms in total. The number of carbonyl (C=O) groups excluding carboxylic acids is 1. The van der Waals surface area contributed by atoms with E-state index in [0.717, 1.165) is 13.1 Å². The molecule has 0 radical (unpaired) electrons. The van der Waals surface area contributed by atoms with Gasteiger partial charge in [0.15, 0.2) is 11.5 Å². The van der Waals surface area contributed by atoms with Gasteiger partial charge in [0, 0.05) is 24.7 Å². The second-order valence-electron chi connectivity index (χ2n) is 6.09. The minimum absolute atomic E-state index is 0. The molecule has 1 heterocycles. The molecule has 0 spiro atoms. The number of hydrogen-bond acceptors (Lipinski definition) is 5. The van der Waals surface area contributed by atoms with Crippen molar-refractivity contribution in [2.45, 2.75) is 26.8 Å². The highest BCUT2D eigenvalue weighted by Crippen LogP contribution is 2.42. The fraction of sp³-hybridized carbons (Fsp3) is 0.611. The van der Waals surface area contributed by atoms with Crippen molar-refractivity contribution < 1.29 is 19.0 Å². The SMILES string of the molecule is CCOc1cc(C(=O)NC2C3CNCC32)cc(OCC)c1OCC.Cl. The fourth-order valence-corrected chi connectivity index (χ4v) is 3.39. The molecule has 1 aromatic carbocycles. The summed E-state index contributed by atoms with van der Waals surface area (Å²) >= 11 is 0. The summed E-state index contributed by atoms with van der Waals surface area (Å²) in [6, 6.07) is 3.77. The Morgan fingerprint density at radius 3 is 2.04 bits per heavy atom. The molecule has 1 amide bonds. The smallest absolute Gasteiger partial charge is 0.251 e. The molecule has 3 rings (SSSR count). The molecule has 2 unspecified atom stereocenters. The van der Waals surface area contributed by atoms with Gasteiger partial charge in [-0.3, -0.25) is 4.79 Å². The summed E-state index contributed by atoms with van der Waals surface area (Å²) in [4.78, 5) is 12.6. The van der Waals surface area contributed by atoms with E-state index in [1.165, 1.54) is 0 Å². The van der Waals surface area contributed by atoms with E-state index in [-0.39, 0.29) is 24.4 Å². The fourth-order valence-electron chi connectivity index (χ4n) is 3.39. The third kappa shape index (κ3) is 4.12. The Bertz CT molecular complexity index is 574. The number of ether oxygens (including phenoxy) is 3. The van der Waals surface area contributed by atoms with Crippen molar-refractivity contribution in [3.63, 3.8) is 0 Å². The van der Waals surface area contributed by atoms with Gasteiger partial charge in [-0.25, -0.2) is 0 Å². The summed E-state index contributed by atoms with van der Waals surface area (Å²) < 4.78 is 17.0. The minimum atomic E-state index is -0.0839. The minimum Gasteiger partial charge on any atom is -0.490 e. The van der Waals surface area contributed by atoms with E-state index in [9.17, 15) is 4.79 Å². The zero-order valence-electron chi connectivity index (χ0n) is 15.0. The van der Waals surface area contributed by atoms with Gasteiger partial charge in [0.25, 0.3) is 5.91 Å². The number of benzene rings is 1. The van der Waals surface area contributed by atoms with Crippen molar-refractivity contribution in [2.24, 2.45) is 11.8 Å². The summed E-state index contributed by atoms with van der Waals surface area (Å²) in [5, 5.41) is 6.46. The highest BCUT2D eigenvalue weighted by atomic mass is 35.5. The summed E-state index contributed by atoms with van der Waals surface area (Å²) in [5.41, 5.74) is 0.545. The van der Waals surface area contributed by atoms with Crippen LogP contribution in [0.15, 0.2) is 12.1 Å². The van der Waals surface area contributed by atoms with E-state index in [0.29, 0.717) is 54.5 Å². The molecular weight excluding hydrogens is 344 g/mol. The third-order valence-electron chi connectivity index (χ3n) is 4.56. The molecule has 7 heteroatoms. The maximum atomic E-state index is 12.6. The van der Waals surface area contributed by atoms with Gasteiger partial charge in [-0.15, -0.1) is 12.4 Å². The Hall–Kier alpha value is -1.66. The van der Waals surface area contributed by atoms with Gasteiger partial charge in [-0.2, -0.15) is 0 Å². The van der Waals surface area contributed by atoms with Crippen molar-refractivity contribution >= 4 is 18.3 Å². The highest BCUT2D eigenvalue weighted by molar-refractivity contribution is 5.96. The van der Waals surface area contributed by atoms with Gasteiger partial charge in [0.1, 0.15) is 0 Å². The Balaban J connectivity index is 0.00000225. The lowest BCUT2D eigenvalue weighted by molar-refractivity contribution is 0.0945. The van der Waals surface area contributed by atoms with Crippen LogP contribution in [0.5, 0.6) is 17.2 Å². The van der Waals surface area contributed by atoms with Gasteiger partial charge in [-0.05, 0) is 44.7 Å². The number of hydrogen-bond donors (Lipinski definition) is 2. The van der Waals surface area contributed by atoms with E-state index in [1.54, 1.807) is 12.1 Å². The summed E-state index contributed by atoms with van der Waals surface area (Å²) in [5.74, 6) is 2.73. The predicted octanol–water partition coefficient (Wildman–Crippen LogP) is 2.25. The van der Waals surface area contributed by atoms with Crippen LogP contribution in [0.3, 0.4) is 0 Å². The molecular formula is C18H27ClN2O4. The Morgan fingerprint density at radius 1 is 1.04 bits per heavy atom. The maximum Gasteiger partial charge on any atom is 0.251 e. The van der Waals surface area contributed by atoms with Crippen molar-refractivity contribution in [3.05, 3.63) is 17.7 Å². The van der Waals surface area contributed by atoms with Gasteiger partial charge >= 0.3 is 0 Å². The lowest BCUT2D eigenvalue weighted by Gasteiger charge is -2.17. The lowest BCUT2D eigenvalue weighted by Crippen LogP contribution is -2.32. The van der Waals surface area contributed by atoms with Crippen LogP contribution < -0.4 is 24.8 Å². The van der Waals surface area contributed by atoms with E-state index in [2.05, 4.69) is 10.6 Å². The number of piperidine rings is 1. The molecule has 0 aromatic heterocycles. The molecule has 1 aliphatic heterocycles. The van der Waals surface area contributed by atoms with Crippen molar-refractivity contribution in [1.82, 2.24) is 10.6 Å². The lowest BCUT2D eigenvalue weighted by atomic mass is 10.1. The molecule has 2 aliphatic rings. The van der Waals surface area contributed by atoms with Crippen LogP contribution in [0.1, 0.15) is 31.1 Å². The first-order chi connectivity index (χ1) is 11.7. The quantitative estimate of drug-likeness (QED) is 0.734. The molecule has 2 fully saturated rings. The molecule has 1 saturated carbocycles. The Morgan fingerprint density at radius 2 is 1.56 bits per heavy atom. The average molecular weight is 371 g/mol. The topological polar surface area (TPSA) is 68.8 Å². The molecule has 25 heavy (non-hydrogen) atoms. The van der Waals surface area contributed by atoms with Crippen LogP contribution in [0.25, 0.3) is 0 Å². The molecule has 1 aliphatic carbocycles. The van der Waals surface area contributed by atoms with Crippen LogP contribution >= 0.6 is 12.4 Å². The van der Waals surface area contributed by atoms with Crippen LogP contribution in [0, 0.1) is 11.8 Å². The number of carbonyl (C=O) groups is 1. The number of fused-ring (bicyclic) bond motifs is 1. The van der Waals surface area contributed by atoms with E-state index < -0.39 is 0 Å². The average Bonchev–Trinajstić information content (AvgIpc) is 2.99. The molecule has 140 valence electrons. The van der Waals surface area contributed by atoms with Crippen LogP contribution in [-0.4, -0.2) is 44.9 Å². The van der Waals surface area contributed by atoms with Crippen LogP contribution in [0.2, 0.25) is 0 Å².